The zero-order valence-electron chi connectivity index (χ0n) is 14.1. The number of ether oxygens (including phenoxy) is 1. The number of nitrogens with one attached hydrogen (secondary N) is 1. The Balaban J connectivity index is 1.36. The average Bonchev–Trinajstić information content (AvgIpc) is 2.69. The smallest absolute Gasteiger partial charge is 0.318 e. The van der Waals surface area contributed by atoms with Crippen molar-refractivity contribution in [2.45, 2.75) is 12.5 Å². The molecule has 4 rings (SSSR count). The molecule has 0 radical (unpaired) electrons. The number of amides is 2. The van der Waals surface area contributed by atoms with Crippen LogP contribution in [-0.4, -0.2) is 48.7 Å². The predicted molar refractivity (Wildman–Crippen MR) is 95.8 cm³/mol. The van der Waals surface area contributed by atoms with Crippen LogP contribution in [0.15, 0.2) is 48.8 Å². The van der Waals surface area contributed by atoms with Crippen LogP contribution < -0.4 is 15.0 Å². The molecule has 0 bridgehead atoms. The lowest BCUT2D eigenvalue weighted by Crippen LogP contribution is -2.52. The first-order chi connectivity index (χ1) is 12.3. The van der Waals surface area contributed by atoms with E-state index in [9.17, 15) is 4.79 Å². The number of anilines is 1. The Bertz CT molecular complexity index is 729. The fraction of sp³-hybridized carbons (Fsp3) is 0.368. The number of piperazine rings is 1. The Morgan fingerprint density at radius 1 is 1.08 bits per heavy atom. The molecule has 2 aliphatic heterocycles. The molecule has 0 aliphatic carbocycles. The van der Waals surface area contributed by atoms with Crippen LogP contribution in [0.3, 0.4) is 0 Å². The second-order valence-corrected chi connectivity index (χ2v) is 6.36. The Labute approximate surface area is 147 Å². The van der Waals surface area contributed by atoms with Crippen molar-refractivity contribution in [3.63, 3.8) is 0 Å². The van der Waals surface area contributed by atoms with E-state index in [0.29, 0.717) is 6.61 Å². The maximum atomic E-state index is 12.7. The first-order valence-corrected chi connectivity index (χ1v) is 8.73. The predicted octanol–water partition coefficient (Wildman–Crippen LogP) is 2.44. The Hall–Kier alpha value is -2.76. The van der Waals surface area contributed by atoms with Gasteiger partial charge in [0, 0.05) is 56.2 Å². The lowest BCUT2D eigenvalue weighted by Gasteiger charge is -2.37. The van der Waals surface area contributed by atoms with Gasteiger partial charge in [0.15, 0.2) is 0 Å². The highest BCUT2D eigenvalue weighted by Crippen LogP contribution is 2.31. The average molecular weight is 338 g/mol. The number of nitrogens with zero attached hydrogens (tertiary/aromatic N) is 3. The Morgan fingerprint density at radius 2 is 1.84 bits per heavy atom. The molecular weight excluding hydrogens is 316 g/mol. The number of pyridine rings is 1. The van der Waals surface area contributed by atoms with E-state index in [-0.39, 0.29) is 12.1 Å². The minimum atomic E-state index is 0.0103. The van der Waals surface area contributed by atoms with Gasteiger partial charge in [-0.1, -0.05) is 18.2 Å². The van der Waals surface area contributed by atoms with Gasteiger partial charge in [-0.25, -0.2) is 4.79 Å². The first kappa shape index (κ1) is 15.7. The van der Waals surface area contributed by atoms with Crippen LogP contribution >= 0.6 is 0 Å². The van der Waals surface area contributed by atoms with Crippen LogP contribution in [0.5, 0.6) is 5.75 Å². The Morgan fingerprint density at radius 3 is 2.64 bits per heavy atom. The van der Waals surface area contributed by atoms with Crippen LogP contribution in [0.1, 0.15) is 18.0 Å². The quantitative estimate of drug-likeness (QED) is 0.914. The van der Waals surface area contributed by atoms with Crippen LogP contribution in [0, 0.1) is 0 Å². The first-order valence-electron chi connectivity index (χ1n) is 8.73. The van der Waals surface area contributed by atoms with Crippen molar-refractivity contribution in [2.75, 3.05) is 37.7 Å². The van der Waals surface area contributed by atoms with E-state index in [4.69, 9.17) is 4.74 Å². The molecule has 0 spiro atoms. The normalized spacial score (nSPS) is 19.8. The maximum absolute atomic E-state index is 12.7. The fourth-order valence-electron chi connectivity index (χ4n) is 3.45. The number of carbonyl (C=O) groups is 1. The highest BCUT2D eigenvalue weighted by atomic mass is 16.5. The number of para-hydroxylation sites is 1. The SMILES string of the molecule is O=C(NC1CCOc2ccccc21)N1CCN(c2ccncc2)CC1. The molecule has 1 atom stereocenters. The van der Waals surface area contributed by atoms with E-state index in [1.807, 2.05) is 41.3 Å². The third-order valence-corrected chi connectivity index (χ3v) is 4.85. The number of carbonyl (C=O) groups excluding carboxylic acids is 1. The van der Waals surface area contributed by atoms with Gasteiger partial charge < -0.3 is 19.9 Å². The monoisotopic (exact) mass is 338 g/mol. The van der Waals surface area contributed by atoms with Gasteiger partial charge in [0.2, 0.25) is 0 Å². The van der Waals surface area contributed by atoms with E-state index < -0.39 is 0 Å². The molecule has 1 fully saturated rings. The fourth-order valence-corrected chi connectivity index (χ4v) is 3.45. The minimum Gasteiger partial charge on any atom is -0.493 e. The molecule has 130 valence electrons. The summed E-state index contributed by atoms with van der Waals surface area (Å²) < 4.78 is 5.67. The molecule has 1 unspecified atom stereocenters. The second kappa shape index (κ2) is 7.01. The summed E-state index contributed by atoms with van der Waals surface area (Å²) in [6.07, 6.45) is 4.41. The van der Waals surface area contributed by atoms with E-state index in [0.717, 1.165) is 49.6 Å². The lowest BCUT2D eigenvalue weighted by atomic mass is 10.0. The zero-order valence-corrected chi connectivity index (χ0v) is 14.1. The highest BCUT2D eigenvalue weighted by molar-refractivity contribution is 5.75. The third-order valence-electron chi connectivity index (χ3n) is 4.85. The lowest BCUT2D eigenvalue weighted by molar-refractivity contribution is 0.183. The molecule has 1 aromatic heterocycles. The van der Waals surface area contributed by atoms with Gasteiger partial charge in [-0.2, -0.15) is 0 Å². The summed E-state index contributed by atoms with van der Waals surface area (Å²) in [5.74, 6) is 0.876. The van der Waals surface area contributed by atoms with E-state index in [1.54, 1.807) is 12.4 Å². The molecular formula is C19H22N4O2. The van der Waals surface area contributed by atoms with Gasteiger partial charge in [0.05, 0.1) is 12.6 Å². The van der Waals surface area contributed by atoms with Gasteiger partial charge in [0.25, 0.3) is 0 Å². The van der Waals surface area contributed by atoms with Crippen molar-refractivity contribution in [3.05, 3.63) is 54.4 Å². The number of aromatic nitrogens is 1. The van der Waals surface area contributed by atoms with Crippen molar-refractivity contribution >= 4 is 11.7 Å². The standard InChI is InChI=1S/C19H22N4O2/c24-19(21-17-7-14-25-18-4-2-1-3-16(17)18)23-12-10-22(11-13-23)15-5-8-20-9-6-15/h1-6,8-9,17H,7,10-14H2,(H,21,24). The maximum Gasteiger partial charge on any atom is 0.318 e. The van der Waals surface area contributed by atoms with Gasteiger partial charge in [-0.3, -0.25) is 4.98 Å². The van der Waals surface area contributed by atoms with E-state index in [2.05, 4.69) is 15.2 Å². The number of fused-ring (bicyclic) bond motifs is 1. The molecule has 6 heteroatoms. The van der Waals surface area contributed by atoms with Crippen LogP contribution in [0.25, 0.3) is 0 Å². The van der Waals surface area contributed by atoms with Crippen molar-refractivity contribution in [2.24, 2.45) is 0 Å². The summed E-state index contributed by atoms with van der Waals surface area (Å²) in [6, 6.07) is 12.0. The molecule has 1 aromatic carbocycles. The highest BCUT2D eigenvalue weighted by Gasteiger charge is 2.26. The summed E-state index contributed by atoms with van der Waals surface area (Å²) in [4.78, 5) is 20.9. The molecule has 3 heterocycles. The molecule has 25 heavy (non-hydrogen) atoms. The molecule has 1 saturated heterocycles. The topological polar surface area (TPSA) is 57.7 Å². The number of hydrogen-bond donors (Lipinski definition) is 1. The molecule has 2 amide bonds. The summed E-state index contributed by atoms with van der Waals surface area (Å²) in [6.45, 7) is 3.75. The summed E-state index contributed by atoms with van der Waals surface area (Å²) in [5, 5.41) is 3.18. The van der Waals surface area contributed by atoms with Crippen molar-refractivity contribution < 1.29 is 9.53 Å². The van der Waals surface area contributed by atoms with Crippen LogP contribution in [-0.2, 0) is 0 Å². The van der Waals surface area contributed by atoms with Crippen molar-refractivity contribution in [3.8, 4) is 5.75 Å². The second-order valence-electron chi connectivity index (χ2n) is 6.36. The van der Waals surface area contributed by atoms with Crippen LogP contribution in [0.2, 0.25) is 0 Å². The number of benzene rings is 1. The van der Waals surface area contributed by atoms with Gasteiger partial charge in [-0.15, -0.1) is 0 Å². The van der Waals surface area contributed by atoms with Crippen LogP contribution in [0.4, 0.5) is 10.5 Å². The van der Waals surface area contributed by atoms with Gasteiger partial charge >= 0.3 is 6.03 Å². The van der Waals surface area contributed by atoms with Gasteiger partial charge in [-0.05, 0) is 18.2 Å². The Kier molecular flexibility index (Phi) is 4.41. The molecule has 1 N–H and O–H groups in total. The van der Waals surface area contributed by atoms with Crippen molar-refractivity contribution in [1.82, 2.24) is 15.2 Å². The number of hydrogen-bond acceptors (Lipinski definition) is 4. The summed E-state index contributed by atoms with van der Waals surface area (Å²) in [7, 11) is 0. The van der Waals surface area contributed by atoms with E-state index >= 15 is 0 Å². The molecule has 0 saturated carbocycles. The minimum absolute atomic E-state index is 0.0103. The number of rotatable bonds is 2. The van der Waals surface area contributed by atoms with Crippen molar-refractivity contribution in [1.29, 1.82) is 0 Å². The molecule has 2 aromatic rings. The number of urea groups is 1. The molecule has 2 aliphatic rings. The summed E-state index contributed by atoms with van der Waals surface area (Å²) in [5.41, 5.74) is 2.23. The summed E-state index contributed by atoms with van der Waals surface area (Å²) >= 11 is 0. The zero-order chi connectivity index (χ0) is 17.1. The molecule has 6 nitrogen and oxygen atoms in total. The van der Waals surface area contributed by atoms with Gasteiger partial charge in [0.1, 0.15) is 5.75 Å². The third kappa shape index (κ3) is 3.38. The largest absolute Gasteiger partial charge is 0.493 e. The van der Waals surface area contributed by atoms with E-state index in [1.165, 1.54) is 0 Å².